The Labute approximate surface area is 99.1 Å². The molecule has 0 N–H and O–H groups in total. The highest BCUT2D eigenvalue weighted by atomic mass is 16.5. The third-order valence-electron chi connectivity index (χ3n) is 2.57. The Morgan fingerprint density at radius 1 is 1.24 bits per heavy atom. The van der Waals surface area contributed by atoms with Gasteiger partial charge in [0.1, 0.15) is 6.20 Å². The lowest BCUT2D eigenvalue weighted by Gasteiger charge is -2.19. The summed E-state index contributed by atoms with van der Waals surface area (Å²) in [6.07, 6.45) is 4.64. The first-order valence-electron chi connectivity index (χ1n) is 5.40. The molecule has 1 aliphatic heterocycles. The molecule has 1 atom stereocenters. The van der Waals surface area contributed by atoms with Crippen molar-refractivity contribution in [1.29, 1.82) is 0 Å². The van der Waals surface area contributed by atoms with Crippen LogP contribution in [0, 0.1) is 6.20 Å². The van der Waals surface area contributed by atoms with Crippen LogP contribution in [0.1, 0.15) is 12.7 Å². The molecule has 2 heterocycles. The zero-order valence-corrected chi connectivity index (χ0v) is 9.33. The van der Waals surface area contributed by atoms with Gasteiger partial charge in [-0.2, -0.15) is 0 Å². The van der Waals surface area contributed by atoms with Crippen LogP contribution in [0.3, 0.4) is 0 Å². The van der Waals surface area contributed by atoms with Crippen molar-refractivity contribution < 1.29 is 9.26 Å². The molecule has 0 saturated carbocycles. The van der Waals surface area contributed by atoms with Gasteiger partial charge in [-0.1, -0.05) is 23.4 Å². The number of ether oxygens (including phenoxy) is 1. The minimum atomic E-state index is -0.0995. The van der Waals surface area contributed by atoms with Gasteiger partial charge >= 0.3 is 0 Å². The summed E-state index contributed by atoms with van der Waals surface area (Å²) in [6.45, 7) is 1.96. The smallest absolute Gasteiger partial charge is 0.203 e. The quantitative estimate of drug-likeness (QED) is 0.790. The minimum absolute atomic E-state index is 0.0995. The van der Waals surface area contributed by atoms with Crippen molar-refractivity contribution in [1.82, 2.24) is 5.16 Å². The van der Waals surface area contributed by atoms with Crippen LogP contribution in [0.25, 0.3) is 5.76 Å². The van der Waals surface area contributed by atoms with E-state index in [1.807, 2.05) is 42.2 Å². The van der Waals surface area contributed by atoms with Gasteiger partial charge < -0.3 is 14.2 Å². The van der Waals surface area contributed by atoms with Crippen molar-refractivity contribution in [2.75, 3.05) is 4.90 Å². The summed E-state index contributed by atoms with van der Waals surface area (Å²) >= 11 is 0. The van der Waals surface area contributed by atoms with E-state index < -0.39 is 0 Å². The van der Waals surface area contributed by atoms with E-state index in [2.05, 4.69) is 11.4 Å². The SMILES string of the molecule is CC1OC(c2ccno2)=[C]N1c1ccccc1. The number of anilines is 1. The van der Waals surface area contributed by atoms with Crippen LogP contribution in [-0.4, -0.2) is 11.4 Å². The van der Waals surface area contributed by atoms with Crippen LogP contribution in [0.15, 0.2) is 47.1 Å². The lowest BCUT2D eigenvalue weighted by molar-refractivity contribution is 0.202. The standard InChI is InChI=1S/C13H11N2O2/c1-10-15(11-5-3-2-4-6-11)9-13(16-10)12-7-8-14-17-12/h2-8,10H,1H3. The van der Waals surface area contributed by atoms with E-state index in [1.165, 1.54) is 0 Å². The van der Waals surface area contributed by atoms with Crippen LogP contribution in [0.4, 0.5) is 5.69 Å². The molecule has 1 aliphatic rings. The predicted molar refractivity (Wildman–Crippen MR) is 62.6 cm³/mol. The molecule has 3 rings (SSSR count). The maximum absolute atomic E-state index is 5.67. The number of aromatic nitrogens is 1. The van der Waals surface area contributed by atoms with E-state index >= 15 is 0 Å². The normalized spacial score (nSPS) is 19.0. The first kappa shape index (κ1) is 9.96. The molecule has 85 valence electrons. The number of para-hydroxylation sites is 1. The van der Waals surface area contributed by atoms with Crippen LogP contribution in [0.2, 0.25) is 0 Å². The topological polar surface area (TPSA) is 38.5 Å². The molecule has 0 saturated heterocycles. The van der Waals surface area contributed by atoms with Crippen molar-refractivity contribution in [3.8, 4) is 0 Å². The minimum Gasteiger partial charge on any atom is -0.464 e. The lowest BCUT2D eigenvalue weighted by Crippen LogP contribution is -2.24. The van der Waals surface area contributed by atoms with E-state index in [0.29, 0.717) is 11.5 Å². The van der Waals surface area contributed by atoms with Crippen molar-refractivity contribution in [3.05, 3.63) is 54.6 Å². The third-order valence-corrected chi connectivity index (χ3v) is 2.57. The molecule has 0 fully saturated rings. The molecule has 4 heteroatoms. The average Bonchev–Trinajstić information content (AvgIpc) is 2.99. The molecular formula is C13H11N2O2. The number of rotatable bonds is 2. The predicted octanol–water partition coefficient (Wildman–Crippen LogP) is 2.66. The van der Waals surface area contributed by atoms with Crippen LogP contribution >= 0.6 is 0 Å². The summed E-state index contributed by atoms with van der Waals surface area (Å²) in [4.78, 5) is 1.93. The molecule has 0 bridgehead atoms. The van der Waals surface area contributed by atoms with Crippen molar-refractivity contribution in [3.63, 3.8) is 0 Å². The molecule has 1 aromatic heterocycles. The summed E-state index contributed by atoms with van der Waals surface area (Å²) in [5, 5.41) is 3.66. The Hall–Kier alpha value is -2.23. The Bertz CT molecular complexity index is 520. The first-order chi connectivity index (χ1) is 8.34. The van der Waals surface area contributed by atoms with Crippen LogP contribution < -0.4 is 4.90 Å². The average molecular weight is 227 g/mol. The van der Waals surface area contributed by atoms with E-state index in [1.54, 1.807) is 12.3 Å². The monoisotopic (exact) mass is 227 g/mol. The molecule has 4 nitrogen and oxygen atoms in total. The molecule has 0 aliphatic carbocycles. The second-order valence-corrected chi connectivity index (χ2v) is 3.74. The van der Waals surface area contributed by atoms with E-state index in [9.17, 15) is 0 Å². The zero-order valence-electron chi connectivity index (χ0n) is 9.33. The summed E-state index contributed by atoms with van der Waals surface area (Å²) in [5.41, 5.74) is 1.04. The van der Waals surface area contributed by atoms with Crippen molar-refractivity contribution in [2.45, 2.75) is 13.2 Å². The second kappa shape index (κ2) is 3.97. The number of hydrogen-bond acceptors (Lipinski definition) is 4. The lowest BCUT2D eigenvalue weighted by atomic mass is 10.3. The molecule has 1 unspecified atom stereocenters. The maximum Gasteiger partial charge on any atom is 0.203 e. The molecule has 1 radical (unpaired) electrons. The van der Waals surface area contributed by atoms with Gasteiger partial charge in [0.25, 0.3) is 0 Å². The van der Waals surface area contributed by atoms with Gasteiger partial charge in [0.15, 0.2) is 12.0 Å². The van der Waals surface area contributed by atoms with Gasteiger partial charge in [-0.05, 0) is 19.1 Å². The first-order valence-corrected chi connectivity index (χ1v) is 5.40. The third kappa shape index (κ3) is 1.78. The zero-order chi connectivity index (χ0) is 11.7. The highest BCUT2D eigenvalue weighted by Crippen LogP contribution is 2.29. The van der Waals surface area contributed by atoms with E-state index in [-0.39, 0.29) is 6.23 Å². The van der Waals surface area contributed by atoms with Gasteiger partial charge in [-0.3, -0.25) is 0 Å². The molecule has 2 aromatic rings. The fraction of sp³-hybridized carbons (Fsp3) is 0.154. The fourth-order valence-electron chi connectivity index (χ4n) is 1.76. The second-order valence-electron chi connectivity index (χ2n) is 3.74. The highest BCUT2D eigenvalue weighted by Gasteiger charge is 2.26. The van der Waals surface area contributed by atoms with Crippen molar-refractivity contribution >= 4 is 11.4 Å². The van der Waals surface area contributed by atoms with E-state index in [4.69, 9.17) is 9.26 Å². The molecule has 1 aromatic carbocycles. The summed E-state index contributed by atoms with van der Waals surface area (Å²) < 4.78 is 10.7. The Balaban J connectivity index is 1.92. The van der Waals surface area contributed by atoms with Gasteiger partial charge in [0.2, 0.25) is 5.76 Å². The van der Waals surface area contributed by atoms with Gasteiger partial charge in [-0.15, -0.1) is 0 Å². The largest absolute Gasteiger partial charge is 0.464 e. The molecule has 17 heavy (non-hydrogen) atoms. The number of nitrogens with zero attached hydrogens (tertiary/aromatic N) is 2. The Kier molecular flexibility index (Phi) is 2.33. The van der Waals surface area contributed by atoms with Crippen molar-refractivity contribution in [2.24, 2.45) is 0 Å². The van der Waals surface area contributed by atoms with Crippen LogP contribution in [-0.2, 0) is 4.74 Å². The molecule has 0 amide bonds. The van der Waals surface area contributed by atoms with Gasteiger partial charge in [0.05, 0.1) is 6.20 Å². The molecule has 0 spiro atoms. The maximum atomic E-state index is 5.67. The number of hydrogen-bond donors (Lipinski definition) is 0. The molecular weight excluding hydrogens is 216 g/mol. The summed E-state index contributed by atoms with van der Waals surface area (Å²) in [5.74, 6) is 1.18. The highest BCUT2D eigenvalue weighted by molar-refractivity contribution is 5.61. The fourth-order valence-corrected chi connectivity index (χ4v) is 1.76. The summed E-state index contributed by atoms with van der Waals surface area (Å²) in [6, 6.07) is 11.7. The van der Waals surface area contributed by atoms with Gasteiger partial charge in [-0.25, -0.2) is 0 Å². The van der Waals surface area contributed by atoms with Gasteiger partial charge in [0, 0.05) is 11.8 Å². The van der Waals surface area contributed by atoms with Crippen LogP contribution in [0.5, 0.6) is 0 Å². The van der Waals surface area contributed by atoms with E-state index in [0.717, 1.165) is 5.69 Å². The Morgan fingerprint density at radius 2 is 2.06 bits per heavy atom. The summed E-state index contributed by atoms with van der Waals surface area (Å²) in [7, 11) is 0. The number of benzene rings is 1. The Morgan fingerprint density at radius 3 is 2.76 bits per heavy atom.